The second kappa shape index (κ2) is 7.26. The number of hydrogen-bond acceptors (Lipinski definition) is 3. The first-order valence-electron chi connectivity index (χ1n) is 7.78. The van der Waals surface area contributed by atoms with Crippen molar-refractivity contribution in [3.63, 3.8) is 0 Å². The molecule has 23 heavy (non-hydrogen) atoms. The highest BCUT2D eigenvalue weighted by atomic mass is 16.4. The number of amides is 2. The largest absolute Gasteiger partial charge is 0.480 e. The molecule has 1 atom stereocenters. The van der Waals surface area contributed by atoms with E-state index in [4.69, 9.17) is 5.11 Å². The molecule has 2 amide bonds. The van der Waals surface area contributed by atoms with Crippen LogP contribution in [0.3, 0.4) is 0 Å². The molecule has 1 heterocycles. The van der Waals surface area contributed by atoms with Crippen LogP contribution in [0.2, 0.25) is 0 Å². The average molecular weight is 318 g/mol. The molecule has 0 bridgehead atoms. The van der Waals surface area contributed by atoms with Gasteiger partial charge in [0.15, 0.2) is 0 Å². The molecule has 0 aliphatic carbocycles. The first kappa shape index (κ1) is 17.0. The van der Waals surface area contributed by atoms with Crippen molar-refractivity contribution < 1.29 is 19.5 Å². The van der Waals surface area contributed by atoms with E-state index in [-0.39, 0.29) is 18.2 Å². The van der Waals surface area contributed by atoms with E-state index in [2.05, 4.69) is 0 Å². The van der Waals surface area contributed by atoms with Gasteiger partial charge in [0, 0.05) is 32.1 Å². The minimum absolute atomic E-state index is 0.0726. The summed E-state index contributed by atoms with van der Waals surface area (Å²) in [6.45, 7) is 1.95. The number of carbonyl (C=O) groups is 3. The number of likely N-dealkylation sites (N-methyl/N-ethyl adjacent to an activating group) is 1. The number of hydrogen-bond donors (Lipinski definition) is 1. The molecular weight excluding hydrogens is 296 g/mol. The van der Waals surface area contributed by atoms with Crippen LogP contribution >= 0.6 is 0 Å². The molecule has 1 unspecified atom stereocenters. The highest BCUT2D eigenvalue weighted by Gasteiger charge is 2.25. The van der Waals surface area contributed by atoms with Crippen LogP contribution in [0, 0.1) is 0 Å². The third-order valence-corrected chi connectivity index (χ3v) is 4.30. The van der Waals surface area contributed by atoms with E-state index in [9.17, 15) is 14.4 Å². The fourth-order valence-electron chi connectivity index (χ4n) is 2.69. The number of fused-ring (bicyclic) bond motifs is 1. The van der Waals surface area contributed by atoms with Gasteiger partial charge in [0.05, 0.1) is 0 Å². The first-order chi connectivity index (χ1) is 10.9. The van der Waals surface area contributed by atoms with E-state index >= 15 is 0 Å². The number of carbonyl (C=O) groups excluding carboxylic acids is 2. The molecule has 1 aromatic rings. The van der Waals surface area contributed by atoms with Crippen LogP contribution in [-0.2, 0) is 20.8 Å². The number of rotatable bonds is 6. The van der Waals surface area contributed by atoms with Gasteiger partial charge in [-0.15, -0.1) is 0 Å². The Morgan fingerprint density at radius 2 is 2.00 bits per heavy atom. The molecule has 0 aromatic heterocycles. The molecule has 6 heteroatoms. The minimum Gasteiger partial charge on any atom is -0.480 e. The predicted octanol–water partition coefficient (Wildman–Crippen LogP) is 1.68. The number of anilines is 1. The van der Waals surface area contributed by atoms with Gasteiger partial charge in [-0.1, -0.05) is 18.2 Å². The molecule has 0 saturated heterocycles. The molecule has 1 N–H and O–H groups in total. The second-order valence-corrected chi connectivity index (χ2v) is 5.80. The summed E-state index contributed by atoms with van der Waals surface area (Å²) < 4.78 is 0. The van der Waals surface area contributed by atoms with Crippen molar-refractivity contribution in [3.05, 3.63) is 29.8 Å². The maximum absolute atomic E-state index is 12.1. The number of para-hydroxylation sites is 1. The molecule has 2 rings (SSSR count). The van der Waals surface area contributed by atoms with Crippen molar-refractivity contribution >= 4 is 23.5 Å². The fourth-order valence-corrected chi connectivity index (χ4v) is 2.69. The van der Waals surface area contributed by atoms with Gasteiger partial charge in [0.2, 0.25) is 11.8 Å². The third-order valence-electron chi connectivity index (χ3n) is 4.30. The summed E-state index contributed by atoms with van der Waals surface area (Å²) in [6, 6.07) is 6.95. The molecule has 1 aliphatic rings. The van der Waals surface area contributed by atoms with E-state index in [0.29, 0.717) is 19.4 Å². The summed E-state index contributed by atoms with van der Waals surface area (Å²) in [5.41, 5.74) is 2.07. The quantitative estimate of drug-likeness (QED) is 0.865. The van der Waals surface area contributed by atoms with Crippen LogP contribution < -0.4 is 4.90 Å². The number of aliphatic carboxylic acids is 1. The zero-order valence-corrected chi connectivity index (χ0v) is 13.5. The standard InChI is InChI=1S/C17H22N2O4/c1-12(17(22)23)18(2)15(20)8-5-11-19-14-7-4-3-6-13(14)9-10-16(19)21/h3-4,6-7,12H,5,8-11H2,1-2H3,(H,22,23). The van der Waals surface area contributed by atoms with E-state index in [1.165, 1.54) is 18.9 Å². The summed E-state index contributed by atoms with van der Waals surface area (Å²) in [4.78, 5) is 38.0. The van der Waals surface area contributed by atoms with Gasteiger partial charge >= 0.3 is 5.97 Å². The fraction of sp³-hybridized carbons (Fsp3) is 0.471. The van der Waals surface area contributed by atoms with Crippen LogP contribution in [0.1, 0.15) is 31.7 Å². The van der Waals surface area contributed by atoms with E-state index in [1.54, 1.807) is 4.90 Å². The van der Waals surface area contributed by atoms with Crippen LogP contribution in [0.5, 0.6) is 0 Å². The van der Waals surface area contributed by atoms with Crippen molar-refractivity contribution in [2.24, 2.45) is 0 Å². The van der Waals surface area contributed by atoms with Gasteiger partial charge in [-0.3, -0.25) is 9.59 Å². The van der Waals surface area contributed by atoms with Crippen LogP contribution in [0.15, 0.2) is 24.3 Å². The van der Waals surface area contributed by atoms with Crippen LogP contribution in [0.4, 0.5) is 5.69 Å². The molecule has 124 valence electrons. The highest BCUT2D eigenvalue weighted by Crippen LogP contribution is 2.27. The topological polar surface area (TPSA) is 77.9 Å². The molecule has 0 radical (unpaired) electrons. The molecule has 0 spiro atoms. The molecule has 1 aliphatic heterocycles. The van der Waals surface area contributed by atoms with Crippen LogP contribution in [0.25, 0.3) is 0 Å². The number of carboxylic acid groups (broad SMARTS) is 1. The Morgan fingerprint density at radius 3 is 2.70 bits per heavy atom. The number of aryl methyl sites for hydroxylation is 1. The lowest BCUT2D eigenvalue weighted by molar-refractivity contribution is -0.148. The Morgan fingerprint density at radius 1 is 1.30 bits per heavy atom. The summed E-state index contributed by atoms with van der Waals surface area (Å²) >= 11 is 0. The molecule has 6 nitrogen and oxygen atoms in total. The van der Waals surface area contributed by atoms with E-state index in [0.717, 1.165) is 17.7 Å². The average Bonchev–Trinajstić information content (AvgIpc) is 2.55. The maximum atomic E-state index is 12.1. The van der Waals surface area contributed by atoms with Crippen molar-refractivity contribution in [1.29, 1.82) is 0 Å². The Labute approximate surface area is 135 Å². The van der Waals surface area contributed by atoms with E-state index in [1.807, 2.05) is 24.3 Å². The number of carboxylic acids is 1. The van der Waals surface area contributed by atoms with Crippen molar-refractivity contribution in [2.45, 2.75) is 38.6 Å². The Balaban J connectivity index is 1.93. The molecule has 0 saturated carbocycles. The van der Waals surface area contributed by atoms with Crippen molar-refractivity contribution in [2.75, 3.05) is 18.5 Å². The van der Waals surface area contributed by atoms with Gasteiger partial charge < -0.3 is 14.9 Å². The van der Waals surface area contributed by atoms with Crippen molar-refractivity contribution in [1.82, 2.24) is 4.90 Å². The predicted molar refractivity (Wildman–Crippen MR) is 86.2 cm³/mol. The lowest BCUT2D eigenvalue weighted by Crippen LogP contribution is -2.41. The first-order valence-corrected chi connectivity index (χ1v) is 7.78. The number of nitrogens with zero attached hydrogens (tertiary/aromatic N) is 2. The smallest absolute Gasteiger partial charge is 0.326 e. The van der Waals surface area contributed by atoms with Gasteiger partial charge in [-0.25, -0.2) is 4.79 Å². The van der Waals surface area contributed by atoms with Gasteiger partial charge in [0.1, 0.15) is 6.04 Å². The minimum atomic E-state index is -1.03. The van der Waals surface area contributed by atoms with E-state index < -0.39 is 12.0 Å². The summed E-state index contributed by atoms with van der Waals surface area (Å²) in [5, 5.41) is 8.93. The molecule has 0 fully saturated rings. The molecule has 1 aromatic carbocycles. The number of benzene rings is 1. The van der Waals surface area contributed by atoms with Gasteiger partial charge in [-0.2, -0.15) is 0 Å². The monoisotopic (exact) mass is 318 g/mol. The lowest BCUT2D eigenvalue weighted by Gasteiger charge is -2.29. The summed E-state index contributed by atoms with van der Waals surface area (Å²) in [6.07, 6.45) is 1.97. The zero-order valence-electron chi connectivity index (χ0n) is 13.5. The Hall–Kier alpha value is -2.37. The van der Waals surface area contributed by atoms with Crippen molar-refractivity contribution in [3.8, 4) is 0 Å². The lowest BCUT2D eigenvalue weighted by atomic mass is 10.0. The third kappa shape index (κ3) is 3.88. The maximum Gasteiger partial charge on any atom is 0.326 e. The van der Waals surface area contributed by atoms with Crippen LogP contribution in [-0.4, -0.2) is 47.4 Å². The van der Waals surface area contributed by atoms with Gasteiger partial charge in [0.25, 0.3) is 0 Å². The summed E-state index contributed by atoms with van der Waals surface area (Å²) in [5.74, 6) is -1.18. The Kier molecular flexibility index (Phi) is 5.36. The SMILES string of the molecule is CC(C(=O)O)N(C)C(=O)CCCN1C(=O)CCc2ccccc21. The zero-order chi connectivity index (χ0) is 17.0. The van der Waals surface area contributed by atoms with Gasteiger partial charge in [-0.05, 0) is 31.4 Å². The second-order valence-electron chi connectivity index (χ2n) is 5.80. The summed E-state index contributed by atoms with van der Waals surface area (Å²) in [7, 11) is 1.49. The normalized spacial score (nSPS) is 15.0. The Bertz CT molecular complexity index is 614. The highest BCUT2D eigenvalue weighted by molar-refractivity contribution is 5.96. The molecular formula is C17H22N2O4.